The van der Waals surface area contributed by atoms with Gasteiger partial charge in [-0.15, -0.1) is 10.2 Å². The SMILES string of the molecule is CC1Cc2cc(/C(O)=C3\C(=O)C(=O)N(c4nnc(SCc5ccccc5)s4)C3c3ccc(Cl)cc3Cl)ccc2O1. The first kappa shape index (κ1) is 26.8. The minimum atomic E-state index is -1.03. The first-order valence-corrected chi connectivity index (χ1v) is 14.9. The van der Waals surface area contributed by atoms with Gasteiger partial charge < -0.3 is 9.84 Å². The Kier molecular flexibility index (Phi) is 7.31. The molecule has 1 aromatic heterocycles. The molecule has 1 saturated heterocycles. The van der Waals surface area contributed by atoms with Crippen LogP contribution in [0.15, 0.2) is 76.6 Å². The lowest BCUT2D eigenvalue weighted by Crippen LogP contribution is -2.29. The Morgan fingerprint density at radius 1 is 1.10 bits per heavy atom. The molecule has 0 spiro atoms. The van der Waals surface area contributed by atoms with Gasteiger partial charge in [0.05, 0.1) is 11.6 Å². The molecule has 6 rings (SSSR count). The molecule has 1 N–H and O–H groups in total. The summed E-state index contributed by atoms with van der Waals surface area (Å²) in [6.45, 7) is 1.96. The third-order valence-corrected chi connectivity index (χ3v) is 9.37. The number of halogens is 2. The van der Waals surface area contributed by atoms with E-state index in [1.807, 2.05) is 37.3 Å². The lowest BCUT2D eigenvalue weighted by molar-refractivity contribution is -0.132. The van der Waals surface area contributed by atoms with Crippen LogP contribution in [0.25, 0.3) is 5.76 Å². The summed E-state index contributed by atoms with van der Waals surface area (Å²) < 4.78 is 6.41. The summed E-state index contributed by atoms with van der Waals surface area (Å²) >= 11 is 15.4. The largest absolute Gasteiger partial charge is 0.507 e. The second-order valence-corrected chi connectivity index (χ2v) is 12.4. The van der Waals surface area contributed by atoms with Crippen molar-refractivity contribution in [3.05, 3.63) is 105 Å². The van der Waals surface area contributed by atoms with Gasteiger partial charge in [-0.25, -0.2) is 0 Å². The second kappa shape index (κ2) is 10.9. The van der Waals surface area contributed by atoms with Crippen LogP contribution < -0.4 is 9.64 Å². The average molecular weight is 611 g/mol. The zero-order valence-electron chi connectivity index (χ0n) is 21.0. The predicted octanol–water partition coefficient (Wildman–Crippen LogP) is 7.09. The van der Waals surface area contributed by atoms with Crippen molar-refractivity contribution in [3.8, 4) is 5.75 Å². The molecule has 2 atom stereocenters. The van der Waals surface area contributed by atoms with E-state index in [4.69, 9.17) is 27.9 Å². The summed E-state index contributed by atoms with van der Waals surface area (Å²) in [5.41, 5.74) is 2.78. The molecule has 0 aliphatic carbocycles. The highest BCUT2D eigenvalue weighted by atomic mass is 35.5. The summed E-state index contributed by atoms with van der Waals surface area (Å²) in [6.07, 6.45) is 0.683. The van der Waals surface area contributed by atoms with Crippen LogP contribution in [0.4, 0.5) is 5.13 Å². The molecule has 7 nitrogen and oxygen atoms in total. The van der Waals surface area contributed by atoms with Crippen LogP contribution in [0.3, 0.4) is 0 Å². The molecule has 4 aromatic rings. The number of ether oxygens (including phenoxy) is 1. The first-order valence-electron chi connectivity index (χ1n) is 12.4. The molecule has 202 valence electrons. The molecular weight excluding hydrogens is 589 g/mol. The normalized spacial score (nSPS) is 19.6. The third-order valence-electron chi connectivity index (χ3n) is 6.68. The molecule has 1 fully saturated rings. The van der Waals surface area contributed by atoms with Crippen molar-refractivity contribution in [1.29, 1.82) is 0 Å². The van der Waals surface area contributed by atoms with Gasteiger partial charge in [0, 0.05) is 27.8 Å². The molecule has 0 saturated carbocycles. The number of thioether (sulfide) groups is 1. The number of rotatable bonds is 6. The molecular formula is C29H21Cl2N3O4S2. The highest BCUT2D eigenvalue weighted by Gasteiger charge is 2.49. The van der Waals surface area contributed by atoms with E-state index in [0.29, 0.717) is 32.7 Å². The number of carbonyl (C=O) groups excluding carboxylic acids is 2. The van der Waals surface area contributed by atoms with E-state index in [2.05, 4.69) is 10.2 Å². The summed E-state index contributed by atoms with van der Waals surface area (Å²) in [6, 6.07) is 18.9. The van der Waals surface area contributed by atoms with E-state index in [0.717, 1.165) is 16.9 Å². The van der Waals surface area contributed by atoms with E-state index in [1.165, 1.54) is 34.1 Å². The van der Waals surface area contributed by atoms with Crippen molar-refractivity contribution in [1.82, 2.24) is 10.2 Å². The van der Waals surface area contributed by atoms with Gasteiger partial charge in [-0.3, -0.25) is 14.5 Å². The minimum absolute atomic E-state index is 0.0113. The van der Waals surface area contributed by atoms with Crippen molar-refractivity contribution in [2.24, 2.45) is 0 Å². The van der Waals surface area contributed by atoms with Gasteiger partial charge >= 0.3 is 5.91 Å². The van der Waals surface area contributed by atoms with Crippen molar-refractivity contribution < 1.29 is 19.4 Å². The van der Waals surface area contributed by atoms with E-state index < -0.39 is 17.7 Å². The molecule has 3 heterocycles. The van der Waals surface area contributed by atoms with Gasteiger partial charge in [0.25, 0.3) is 5.78 Å². The number of benzene rings is 3. The Morgan fingerprint density at radius 2 is 1.90 bits per heavy atom. The van der Waals surface area contributed by atoms with Gasteiger partial charge in [0.15, 0.2) is 4.34 Å². The van der Waals surface area contributed by atoms with E-state index in [-0.39, 0.29) is 27.6 Å². The van der Waals surface area contributed by atoms with Gasteiger partial charge in [0.2, 0.25) is 5.13 Å². The number of aliphatic hydroxyl groups excluding tert-OH is 1. The van der Waals surface area contributed by atoms with Crippen LogP contribution in [0.1, 0.15) is 35.2 Å². The topological polar surface area (TPSA) is 92.6 Å². The molecule has 40 heavy (non-hydrogen) atoms. The molecule has 0 bridgehead atoms. The molecule has 2 aliphatic rings. The number of aliphatic hydroxyl groups is 1. The van der Waals surface area contributed by atoms with Crippen LogP contribution in [0, 0.1) is 0 Å². The summed E-state index contributed by atoms with van der Waals surface area (Å²) in [4.78, 5) is 28.3. The van der Waals surface area contributed by atoms with E-state index in [9.17, 15) is 14.7 Å². The number of aromatic nitrogens is 2. The number of carbonyl (C=O) groups is 2. The Balaban J connectivity index is 1.42. The maximum absolute atomic E-state index is 13.5. The molecule has 2 aliphatic heterocycles. The first-order chi connectivity index (χ1) is 19.3. The Hall–Kier alpha value is -3.37. The monoisotopic (exact) mass is 609 g/mol. The molecule has 3 aromatic carbocycles. The van der Waals surface area contributed by atoms with Crippen molar-refractivity contribution in [2.75, 3.05) is 4.90 Å². The summed E-state index contributed by atoms with van der Waals surface area (Å²) in [5.74, 6) is -0.571. The Bertz CT molecular complexity index is 1680. The number of ketones is 1. The van der Waals surface area contributed by atoms with Gasteiger partial charge in [-0.05, 0) is 53.9 Å². The highest BCUT2D eigenvalue weighted by molar-refractivity contribution is 8.00. The van der Waals surface area contributed by atoms with Crippen LogP contribution in [-0.4, -0.2) is 33.1 Å². The fourth-order valence-electron chi connectivity index (χ4n) is 4.85. The van der Waals surface area contributed by atoms with Crippen LogP contribution in [0.2, 0.25) is 10.0 Å². The second-order valence-electron chi connectivity index (χ2n) is 9.41. The number of hydrogen-bond acceptors (Lipinski definition) is 8. The fourth-order valence-corrected chi connectivity index (χ4v) is 7.18. The molecule has 2 unspecified atom stereocenters. The lowest BCUT2D eigenvalue weighted by atomic mass is 9.94. The summed E-state index contributed by atoms with van der Waals surface area (Å²) in [7, 11) is 0. The number of anilines is 1. The Morgan fingerprint density at radius 3 is 2.67 bits per heavy atom. The number of amides is 1. The standard InChI is InChI=1S/C29H21Cl2N3O4S2/c1-15-11-18-12-17(7-10-22(18)38-15)25(35)23-24(20-9-8-19(30)13-21(20)31)34(27(37)26(23)36)28-32-33-29(40-28)39-14-16-5-3-2-4-6-16/h2-10,12-13,15,24,35H,11,14H2,1H3/b25-23+. The number of nitrogens with zero attached hydrogens (tertiary/aromatic N) is 3. The van der Waals surface area contributed by atoms with Crippen LogP contribution in [0.5, 0.6) is 5.75 Å². The van der Waals surface area contributed by atoms with Crippen LogP contribution in [-0.2, 0) is 21.8 Å². The smallest absolute Gasteiger partial charge is 0.301 e. The minimum Gasteiger partial charge on any atom is -0.507 e. The number of fused-ring (bicyclic) bond motifs is 1. The van der Waals surface area contributed by atoms with Crippen LogP contribution >= 0.6 is 46.3 Å². The highest BCUT2D eigenvalue weighted by Crippen LogP contribution is 2.46. The van der Waals surface area contributed by atoms with Crippen molar-refractivity contribution >= 4 is 68.9 Å². The van der Waals surface area contributed by atoms with E-state index >= 15 is 0 Å². The predicted molar refractivity (Wildman–Crippen MR) is 157 cm³/mol. The zero-order valence-corrected chi connectivity index (χ0v) is 24.2. The van der Waals surface area contributed by atoms with Crippen molar-refractivity contribution in [2.45, 2.75) is 35.6 Å². The molecule has 1 amide bonds. The lowest BCUT2D eigenvalue weighted by Gasteiger charge is -2.23. The molecule has 0 radical (unpaired) electrons. The molecule has 11 heteroatoms. The number of hydrogen-bond donors (Lipinski definition) is 1. The quantitative estimate of drug-likeness (QED) is 0.0820. The summed E-state index contributed by atoms with van der Waals surface area (Å²) in [5, 5.41) is 20.9. The maximum Gasteiger partial charge on any atom is 0.301 e. The fraction of sp³-hybridized carbons (Fsp3) is 0.172. The van der Waals surface area contributed by atoms with Gasteiger partial charge in [0.1, 0.15) is 17.6 Å². The average Bonchev–Trinajstić information content (AvgIpc) is 3.63. The maximum atomic E-state index is 13.5. The van der Waals surface area contributed by atoms with E-state index in [1.54, 1.807) is 30.3 Å². The third kappa shape index (κ3) is 4.99. The van der Waals surface area contributed by atoms with Gasteiger partial charge in [-0.1, -0.05) is 82.7 Å². The Labute approximate surface area is 248 Å². The van der Waals surface area contributed by atoms with Crippen molar-refractivity contribution in [3.63, 3.8) is 0 Å². The number of Topliss-reactive ketones (excluding diaryl/α,β-unsaturated/α-hetero) is 1. The zero-order chi connectivity index (χ0) is 28.0. The van der Waals surface area contributed by atoms with Gasteiger partial charge in [-0.2, -0.15) is 0 Å².